The molecule has 0 bridgehead atoms. The van der Waals surface area contributed by atoms with Gasteiger partial charge >= 0.3 is 6.16 Å². The molecular weight excluding hydrogens is 264 g/mol. The number of hydrogen-bond acceptors (Lipinski definition) is 3. The number of benzene rings is 1. The van der Waals surface area contributed by atoms with Crippen molar-refractivity contribution in [3.05, 3.63) is 29.8 Å². The molecule has 1 aromatic carbocycles. The SMILES string of the molecule is CCC(C)c1ccc(OC(=O)OC2(C)CCCCC2)cc1. The molecule has 0 aromatic heterocycles. The maximum Gasteiger partial charge on any atom is 0.514 e. The van der Waals surface area contributed by atoms with Crippen molar-refractivity contribution in [1.82, 2.24) is 0 Å². The van der Waals surface area contributed by atoms with Crippen molar-refractivity contribution in [2.75, 3.05) is 0 Å². The van der Waals surface area contributed by atoms with Crippen molar-refractivity contribution in [3.8, 4) is 5.75 Å². The zero-order valence-corrected chi connectivity index (χ0v) is 13.4. The predicted molar refractivity (Wildman–Crippen MR) is 83.7 cm³/mol. The average Bonchev–Trinajstić information content (AvgIpc) is 2.47. The highest BCUT2D eigenvalue weighted by molar-refractivity contribution is 5.64. The molecule has 1 aliphatic rings. The number of hydrogen-bond donors (Lipinski definition) is 0. The van der Waals surface area contributed by atoms with Gasteiger partial charge in [-0.25, -0.2) is 4.79 Å². The Balaban J connectivity index is 1.90. The summed E-state index contributed by atoms with van der Waals surface area (Å²) in [5, 5.41) is 0. The largest absolute Gasteiger partial charge is 0.514 e. The summed E-state index contributed by atoms with van der Waals surface area (Å²) in [6, 6.07) is 7.70. The molecule has 3 nitrogen and oxygen atoms in total. The van der Waals surface area contributed by atoms with Crippen molar-refractivity contribution in [2.45, 2.75) is 70.8 Å². The van der Waals surface area contributed by atoms with Crippen LogP contribution in [-0.4, -0.2) is 11.8 Å². The van der Waals surface area contributed by atoms with Gasteiger partial charge in [-0.3, -0.25) is 0 Å². The molecule has 1 fully saturated rings. The number of carbonyl (C=O) groups is 1. The van der Waals surface area contributed by atoms with Gasteiger partial charge in [0, 0.05) is 0 Å². The number of rotatable bonds is 4. The van der Waals surface area contributed by atoms with E-state index in [9.17, 15) is 4.79 Å². The summed E-state index contributed by atoms with van der Waals surface area (Å²) < 4.78 is 10.8. The Bertz CT molecular complexity index is 458. The lowest BCUT2D eigenvalue weighted by molar-refractivity contribution is -0.0247. The van der Waals surface area contributed by atoms with Crippen LogP contribution < -0.4 is 4.74 Å². The van der Waals surface area contributed by atoms with E-state index in [1.165, 1.54) is 12.0 Å². The van der Waals surface area contributed by atoms with Crippen LogP contribution in [0.3, 0.4) is 0 Å². The van der Waals surface area contributed by atoms with Crippen LogP contribution in [0.15, 0.2) is 24.3 Å². The Labute approximate surface area is 127 Å². The first kappa shape index (κ1) is 15.9. The molecule has 1 atom stereocenters. The van der Waals surface area contributed by atoms with E-state index in [0.29, 0.717) is 11.7 Å². The average molecular weight is 290 g/mol. The van der Waals surface area contributed by atoms with Crippen LogP contribution in [0.1, 0.15) is 70.8 Å². The molecule has 0 radical (unpaired) electrons. The highest BCUT2D eigenvalue weighted by atomic mass is 16.7. The molecule has 1 aromatic rings. The van der Waals surface area contributed by atoms with Crippen molar-refractivity contribution < 1.29 is 14.3 Å². The summed E-state index contributed by atoms with van der Waals surface area (Å²) in [7, 11) is 0. The van der Waals surface area contributed by atoms with Crippen molar-refractivity contribution in [2.24, 2.45) is 0 Å². The van der Waals surface area contributed by atoms with Gasteiger partial charge in [0.05, 0.1) is 0 Å². The molecule has 2 rings (SSSR count). The Morgan fingerprint density at radius 3 is 2.38 bits per heavy atom. The van der Waals surface area contributed by atoms with Crippen molar-refractivity contribution in [3.63, 3.8) is 0 Å². The second kappa shape index (κ2) is 6.97. The molecule has 0 spiro atoms. The maximum atomic E-state index is 11.9. The van der Waals surface area contributed by atoms with Crippen LogP contribution in [0.25, 0.3) is 0 Å². The molecule has 0 saturated heterocycles. The first-order chi connectivity index (χ1) is 10.0. The van der Waals surface area contributed by atoms with Gasteiger partial charge in [0.1, 0.15) is 11.4 Å². The van der Waals surface area contributed by atoms with Crippen LogP contribution in [0.4, 0.5) is 4.79 Å². The molecule has 1 unspecified atom stereocenters. The monoisotopic (exact) mass is 290 g/mol. The second-order valence-electron chi connectivity index (χ2n) is 6.34. The first-order valence-electron chi connectivity index (χ1n) is 8.03. The molecule has 3 heteroatoms. The van der Waals surface area contributed by atoms with Gasteiger partial charge in [-0.15, -0.1) is 0 Å². The summed E-state index contributed by atoms with van der Waals surface area (Å²) in [5.74, 6) is 1.07. The Kier molecular flexibility index (Phi) is 5.27. The fourth-order valence-corrected chi connectivity index (χ4v) is 2.82. The van der Waals surface area contributed by atoms with Crippen LogP contribution in [0.5, 0.6) is 5.75 Å². The standard InChI is InChI=1S/C18H26O3/c1-4-14(2)15-8-10-16(11-9-15)20-17(19)21-18(3)12-6-5-7-13-18/h8-11,14H,4-7,12-13H2,1-3H3. The topological polar surface area (TPSA) is 35.5 Å². The molecule has 0 amide bonds. The van der Waals surface area contributed by atoms with Crippen molar-refractivity contribution in [1.29, 1.82) is 0 Å². The summed E-state index contributed by atoms with van der Waals surface area (Å²) in [5.41, 5.74) is 0.906. The zero-order chi connectivity index (χ0) is 15.3. The fraction of sp³-hybridized carbons (Fsp3) is 0.611. The molecule has 21 heavy (non-hydrogen) atoms. The minimum absolute atomic E-state index is 0.355. The van der Waals surface area contributed by atoms with Gasteiger partial charge in [-0.2, -0.15) is 0 Å². The summed E-state index contributed by atoms with van der Waals surface area (Å²) >= 11 is 0. The number of ether oxygens (including phenoxy) is 2. The van der Waals surface area contributed by atoms with Gasteiger partial charge in [-0.1, -0.05) is 32.4 Å². The van der Waals surface area contributed by atoms with Crippen LogP contribution >= 0.6 is 0 Å². The van der Waals surface area contributed by atoms with E-state index in [1.54, 1.807) is 0 Å². The lowest BCUT2D eigenvalue weighted by atomic mass is 9.86. The van der Waals surface area contributed by atoms with E-state index in [-0.39, 0.29) is 5.60 Å². The van der Waals surface area contributed by atoms with Gasteiger partial charge < -0.3 is 9.47 Å². The molecule has 1 saturated carbocycles. The molecule has 116 valence electrons. The maximum absolute atomic E-state index is 11.9. The van der Waals surface area contributed by atoms with Crippen molar-refractivity contribution >= 4 is 6.16 Å². The minimum atomic E-state index is -0.587. The summed E-state index contributed by atoms with van der Waals surface area (Å²) in [4.78, 5) is 11.9. The van der Waals surface area contributed by atoms with E-state index >= 15 is 0 Å². The zero-order valence-electron chi connectivity index (χ0n) is 13.4. The molecule has 0 aliphatic heterocycles. The number of carbonyl (C=O) groups excluding carboxylic acids is 1. The predicted octanol–water partition coefficient (Wildman–Crippen LogP) is 5.44. The van der Waals surface area contributed by atoms with E-state index < -0.39 is 6.16 Å². The third-order valence-corrected chi connectivity index (χ3v) is 4.50. The van der Waals surface area contributed by atoms with Crippen LogP contribution in [-0.2, 0) is 4.74 Å². The van der Waals surface area contributed by atoms with E-state index in [0.717, 1.165) is 32.1 Å². The summed E-state index contributed by atoms with van der Waals surface area (Å²) in [6.45, 7) is 6.35. The molecule has 0 heterocycles. The van der Waals surface area contributed by atoms with Crippen LogP contribution in [0, 0.1) is 0 Å². The third-order valence-electron chi connectivity index (χ3n) is 4.50. The Morgan fingerprint density at radius 2 is 1.81 bits per heavy atom. The van der Waals surface area contributed by atoms with Gasteiger partial charge in [0.15, 0.2) is 0 Å². The lowest BCUT2D eigenvalue weighted by Crippen LogP contribution is -2.35. The normalized spacial score (nSPS) is 18.8. The van der Waals surface area contributed by atoms with Crippen LogP contribution in [0.2, 0.25) is 0 Å². The highest BCUT2D eigenvalue weighted by Gasteiger charge is 2.31. The Hall–Kier alpha value is -1.51. The van der Waals surface area contributed by atoms with E-state index in [4.69, 9.17) is 9.47 Å². The quantitative estimate of drug-likeness (QED) is 0.547. The first-order valence-corrected chi connectivity index (χ1v) is 8.03. The lowest BCUT2D eigenvalue weighted by Gasteiger charge is -2.32. The molecular formula is C18H26O3. The molecule has 1 aliphatic carbocycles. The van der Waals surface area contributed by atoms with Gasteiger partial charge in [0.2, 0.25) is 0 Å². The molecule has 0 N–H and O–H groups in total. The minimum Gasteiger partial charge on any atom is -0.428 e. The van der Waals surface area contributed by atoms with E-state index in [1.807, 2.05) is 31.2 Å². The van der Waals surface area contributed by atoms with Gasteiger partial charge in [-0.05, 0) is 62.6 Å². The van der Waals surface area contributed by atoms with Gasteiger partial charge in [0.25, 0.3) is 0 Å². The second-order valence-corrected chi connectivity index (χ2v) is 6.34. The van der Waals surface area contributed by atoms with E-state index in [2.05, 4.69) is 13.8 Å². The fourth-order valence-electron chi connectivity index (χ4n) is 2.82. The summed E-state index contributed by atoms with van der Waals surface area (Å²) in [6.07, 6.45) is 5.83. The highest BCUT2D eigenvalue weighted by Crippen LogP contribution is 2.31. The Morgan fingerprint density at radius 1 is 1.19 bits per heavy atom. The third kappa shape index (κ3) is 4.48. The smallest absolute Gasteiger partial charge is 0.428 e.